The summed E-state index contributed by atoms with van der Waals surface area (Å²) in [5.74, 6) is 0.750. The van der Waals surface area contributed by atoms with Crippen LogP contribution in [-0.4, -0.2) is 18.8 Å². The van der Waals surface area contributed by atoms with Crippen LogP contribution in [0, 0.1) is 5.92 Å². The fourth-order valence-electron chi connectivity index (χ4n) is 2.03. The molecule has 0 aliphatic heterocycles. The van der Waals surface area contributed by atoms with Crippen LogP contribution in [0.1, 0.15) is 46.0 Å². The molecule has 0 aromatic rings. The number of ether oxygens (including phenoxy) is 1. The molecule has 0 bridgehead atoms. The van der Waals surface area contributed by atoms with E-state index in [0.717, 1.165) is 25.2 Å². The van der Waals surface area contributed by atoms with Crippen molar-refractivity contribution in [3.05, 3.63) is 0 Å². The Morgan fingerprint density at radius 1 is 1.31 bits per heavy atom. The number of hydrogen-bond donors (Lipinski definition) is 1. The van der Waals surface area contributed by atoms with Crippen LogP contribution in [-0.2, 0) is 4.74 Å². The summed E-state index contributed by atoms with van der Waals surface area (Å²) in [4.78, 5) is 0. The molecule has 1 saturated carbocycles. The third-order valence-electron chi connectivity index (χ3n) is 3.34. The van der Waals surface area contributed by atoms with Crippen LogP contribution in [0.4, 0.5) is 0 Å². The summed E-state index contributed by atoms with van der Waals surface area (Å²) in [6.07, 6.45) is 5.91. The fourth-order valence-corrected chi connectivity index (χ4v) is 2.03. The maximum absolute atomic E-state index is 6.15. The molecule has 2 N–H and O–H groups in total. The van der Waals surface area contributed by atoms with Gasteiger partial charge >= 0.3 is 0 Å². The van der Waals surface area contributed by atoms with Gasteiger partial charge in [0, 0.05) is 13.2 Å². The number of hydrogen-bond acceptors (Lipinski definition) is 2. The molecule has 0 saturated heterocycles. The highest BCUT2D eigenvalue weighted by atomic mass is 16.5. The van der Waals surface area contributed by atoms with E-state index in [1.807, 2.05) is 0 Å². The summed E-state index contributed by atoms with van der Waals surface area (Å²) in [6, 6.07) is 0.244. The zero-order valence-corrected chi connectivity index (χ0v) is 9.18. The molecule has 1 atom stereocenters. The summed E-state index contributed by atoms with van der Waals surface area (Å²) in [5.41, 5.74) is 6.18. The summed E-state index contributed by atoms with van der Waals surface area (Å²) >= 11 is 0. The normalized spacial score (nSPS) is 22.8. The van der Waals surface area contributed by atoms with Crippen molar-refractivity contribution in [1.82, 2.24) is 0 Å². The van der Waals surface area contributed by atoms with Gasteiger partial charge in [-0.05, 0) is 38.0 Å². The van der Waals surface area contributed by atoms with Crippen molar-refractivity contribution >= 4 is 0 Å². The van der Waals surface area contributed by atoms with Gasteiger partial charge in [-0.3, -0.25) is 0 Å². The Balaban J connectivity index is 2.32. The first-order valence-corrected chi connectivity index (χ1v) is 5.41. The van der Waals surface area contributed by atoms with Crippen LogP contribution in [0.15, 0.2) is 0 Å². The lowest BCUT2D eigenvalue weighted by molar-refractivity contribution is -0.0920. The Morgan fingerprint density at radius 3 is 2.23 bits per heavy atom. The summed E-state index contributed by atoms with van der Waals surface area (Å²) < 4.78 is 5.54. The average molecular weight is 185 g/mol. The van der Waals surface area contributed by atoms with Crippen LogP contribution < -0.4 is 5.73 Å². The Hall–Kier alpha value is -0.0800. The van der Waals surface area contributed by atoms with E-state index in [2.05, 4.69) is 13.8 Å². The van der Waals surface area contributed by atoms with Gasteiger partial charge in [0.1, 0.15) is 0 Å². The quantitative estimate of drug-likeness (QED) is 0.713. The molecular formula is C11H23NO. The molecule has 1 unspecified atom stereocenters. The lowest BCUT2D eigenvalue weighted by atomic mass is 9.73. The fraction of sp³-hybridized carbons (Fsp3) is 1.00. The summed E-state index contributed by atoms with van der Waals surface area (Å²) in [6.45, 7) is 4.49. The van der Waals surface area contributed by atoms with Crippen molar-refractivity contribution in [2.45, 2.75) is 57.6 Å². The van der Waals surface area contributed by atoms with Crippen molar-refractivity contribution in [3.8, 4) is 0 Å². The molecule has 0 amide bonds. The van der Waals surface area contributed by atoms with Crippen LogP contribution >= 0.6 is 0 Å². The molecule has 13 heavy (non-hydrogen) atoms. The lowest BCUT2D eigenvalue weighted by Gasteiger charge is -2.45. The van der Waals surface area contributed by atoms with Gasteiger partial charge in [-0.1, -0.05) is 13.8 Å². The molecule has 0 radical (unpaired) electrons. The Labute approximate surface area is 81.8 Å². The molecule has 0 heterocycles. The largest absolute Gasteiger partial charge is 0.377 e. The van der Waals surface area contributed by atoms with E-state index >= 15 is 0 Å². The van der Waals surface area contributed by atoms with Gasteiger partial charge in [0.25, 0.3) is 0 Å². The second-order valence-electron chi connectivity index (χ2n) is 4.70. The smallest absolute Gasteiger partial charge is 0.0828 e. The standard InChI is InChI=1S/C11H23NO/c1-9(2)5-6-10(12)11(13-3)7-4-8-11/h9-10H,4-8,12H2,1-3H3. The maximum Gasteiger partial charge on any atom is 0.0828 e. The first-order chi connectivity index (χ1) is 6.10. The van der Waals surface area contributed by atoms with E-state index in [0.29, 0.717) is 0 Å². The van der Waals surface area contributed by atoms with E-state index in [9.17, 15) is 0 Å². The third kappa shape index (κ3) is 2.44. The Kier molecular flexibility index (Phi) is 3.74. The molecule has 78 valence electrons. The van der Waals surface area contributed by atoms with E-state index in [4.69, 9.17) is 10.5 Å². The summed E-state index contributed by atoms with van der Waals surface area (Å²) in [5, 5.41) is 0. The SMILES string of the molecule is COC1(C(N)CCC(C)C)CCC1. The van der Waals surface area contributed by atoms with Crippen LogP contribution in [0.2, 0.25) is 0 Å². The molecule has 0 aromatic heterocycles. The zero-order chi connectivity index (χ0) is 9.90. The summed E-state index contributed by atoms with van der Waals surface area (Å²) in [7, 11) is 1.80. The van der Waals surface area contributed by atoms with Gasteiger partial charge in [-0.15, -0.1) is 0 Å². The van der Waals surface area contributed by atoms with Gasteiger partial charge in [-0.2, -0.15) is 0 Å². The van der Waals surface area contributed by atoms with E-state index in [-0.39, 0.29) is 11.6 Å². The van der Waals surface area contributed by atoms with E-state index < -0.39 is 0 Å². The molecule has 1 aliphatic rings. The van der Waals surface area contributed by atoms with Crippen molar-refractivity contribution < 1.29 is 4.74 Å². The van der Waals surface area contributed by atoms with Crippen molar-refractivity contribution in [2.24, 2.45) is 11.7 Å². The molecule has 2 heteroatoms. The van der Waals surface area contributed by atoms with Gasteiger partial charge in [-0.25, -0.2) is 0 Å². The van der Waals surface area contributed by atoms with Crippen LogP contribution in [0.25, 0.3) is 0 Å². The van der Waals surface area contributed by atoms with Crippen molar-refractivity contribution in [3.63, 3.8) is 0 Å². The Morgan fingerprint density at radius 2 is 1.92 bits per heavy atom. The molecule has 1 fully saturated rings. The second-order valence-corrected chi connectivity index (χ2v) is 4.70. The monoisotopic (exact) mass is 185 g/mol. The predicted molar refractivity (Wildman–Crippen MR) is 55.6 cm³/mol. The molecule has 0 spiro atoms. The average Bonchev–Trinajstić information content (AvgIpc) is 2.00. The van der Waals surface area contributed by atoms with Crippen molar-refractivity contribution in [2.75, 3.05) is 7.11 Å². The van der Waals surface area contributed by atoms with Gasteiger partial charge in [0.2, 0.25) is 0 Å². The van der Waals surface area contributed by atoms with Crippen LogP contribution in [0.3, 0.4) is 0 Å². The minimum Gasteiger partial charge on any atom is -0.377 e. The van der Waals surface area contributed by atoms with Gasteiger partial charge in [0.15, 0.2) is 0 Å². The molecule has 1 aliphatic carbocycles. The van der Waals surface area contributed by atoms with Gasteiger partial charge in [0.05, 0.1) is 5.60 Å². The highest BCUT2D eigenvalue weighted by molar-refractivity contribution is 4.97. The second kappa shape index (κ2) is 4.43. The predicted octanol–water partition coefficient (Wildman–Crippen LogP) is 2.32. The minimum atomic E-state index is 0.0366. The zero-order valence-electron chi connectivity index (χ0n) is 9.18. The minimum absolute atomic E-state index is 0.0366. The maximum atomic E-state index is 6.15. The van der Waals surface area contributed by atoms with Gasteiger partial charge < -0.3 is 10.5 Å². The topological polar surface area (TPSA) is 35.2 Å². The first kappa shape index (κ1) is 11.0. The van der Waals surface area contributed by atoms with Crippen molar-refractivity contribution in [1.29, 1.82) is 0 Å². The number of methoxy groups -OCH3 is 1. The molecule has 2 nitrogen and oxygen atoms in total. The van der Waals surface area contributed by atoms with E-state index in [1.54, 1.807) is 7.11 Å². The molecule has 1 rings (SSSR count). The lowest BCUT2D eigenvalue weighted by Crippen LogP contribution is -2.54. The number of rotatable bonds is 5. The molecular weight excluding hydrogens is 162 g/mol. The highest BCUT2D eigenvalue weighted by Crippen LogP contribution is 2.38. The van der Waals surface area contributed by atoms with E-state index in [1.165, 1.54) is 12.8 Å². The third-order valence-corrected chi connectivity index (χ3v) is 3.34. The number of nitrogens with two attached hydrogens (primary N) is 1. The molecule has 0 aromatic carbocycles. The highest BCUT2D eigenvalue weighted by Gasteiger charge is 2.42. The van der Waals surface area contributed by atoms with Crippen LogP contribution in [0.5, 0.6) is 0 Å². The first-order valence-electron chi connectivity index (χ1n) is 5.41. The Bertz CT molecular complexity index is 147.